The molecule has 25 heavy (non-hydrogen) atoms. The molecule has 1 aliphatic heterocycles. The maximum atomic E-state index is 12.9. The smallest absolute Gasteiger partial charge is 0.252 e. The monoisotopic (exact) mass is 378 g/mol. The van der Waals surface area contributed by atoms with Gasteiger partial charge in [-0.15, -0.1) is 11.3 Å². The van der Waals surface area contributed by atoms with E-state index in [2.05, 4.69) is 0 Å². The van der Waals surface area contributed by atoms with Crippen molar-refractivity contribution in [3.63, 3.8) is 0 Å². The van der Waals surface area contributed by atoms with E-state index in [9.17, 15) is 13.2 Å². The van der Waals surface area contributed by atoms with Crippen LogP contribution in [0.25, 0.3) is 0 Å². The van der Waals surface area contributed by atoms with Gasteiger partial charge in [-0.05, 0) is 23.4 Å². The number of thiophene rings is 1. The summed E-state index contributed by atoms with van der Waals surface area (Å²) in [6.07, 6.45) is 0.733. The third-order valence-electron chi connectivity index (χ3n) is 4.55. The molecule has 3 rings (SSSR count). The van der Waals surface area contributed by atoms with Crippen LogP contribution in [0.4, 0.5) is 0 Å². The molecule has 2 heterocycles. The number of carbonyl (C=O) groups excluding carboxylic acids is 1. The Morgan fingerprint density at radius 3 is 2.32 bits per heavy atom. The lowest BCUT2D eigenvalue weighted by Crippen LogP contribution is -2.51. The summed E-state index contributed by atoms with van der Waals surface area (Å²) in [5, 5.41) is 1.76. The molecule has 134 valence electrons. The van der Waals surface area contributed by atoms with Crippen molar-refractivity contribution in [3.8, 4) is 0 Å². The van der Waals surface area contributed by atoms with Crippen LogP contribution in [0.15, 0.2) is 52.1 Å². The standard InChI is InChI=1S/C18H22N2O3S2/c1-2-16(15-7-4-3-5-8-15)18(21)19-10-12-20(13-11-19)25(22,23)17-9-6-14-24-17/h3-9,14,16H,2,10-13H2,1H3. The molecule has 0 spiro atoms. The maximum absolute atomic E-state index is 12.9. The van der Waals surface area contributed by atoms with Crippen molar-refractivity contribution in [2.45, 2.75) is 23.5 Å². The minimum Gasteiger partial charge on any atom is -0.340 e. The number of hydrogen-bond acceptors (Lipinski definition) is 4. The molecule has 1 atom stereocenters. The second-order valence-electron chi connectivity index (χ2n) is 6.03. The number of piperazine rings is 1. The summed E-state index contributed by atoms with van der Waals surface area (Å²) in [6, 6.07) is 13.1. The van der Waals surface area contributed by atoms with Gasteiger partial charge in [0.2, 0.25) is 5.91 Å². The van der Waals surface area contributed by atoms with Gasteiger partial charge < -0.3 is 4.90 Å². The Kier molecular flexibility index (Phi) is 5.56. The van der Waals surface area contributed by atoms with Crippen LogP contribution in [-0.2, 0) is 14.8 Å². The van der Waals surface area contributed by atoms with E-state index in [1.54, 1.807) is 22.4 Å². The second kappa shape index (κ2) is 7.68. The van der Waals surface area contributed by atoms with Crippen LogP contribution in [0.3, 0.4) is 0 Å². The summed E-state index contributed by atoms with van der Waals surface area (Å²) in [4.78, 5) is 14.7. The van der Waals surface area contributed by atoms with Crippen LogP contribution < -0.4 is 0 Å². The first kappa shape index (κ1) is 18.1. The average molecular weight is 379 g/mol. The quantitative estimate of drug-likeness (QED) is 0.804. The normalized spacial score (nSPS) is 17.4. The topological polar surface area (TPSA) is 57.7 Å². The first-order valence-corrected chi connectivity index (χ1v) is 10.7. The summed E-state index contributed by atoms with van der Waals surface area (Å²) in [6.45, 7) is 3.57. The molecule has 0 radical (unpaired) electrons. The van der Waals surface area contributed by atoms with Crippen molar-refractivity contribution in [2.24, 2.45) is 0 Å². The molecule has 1 aromatic carbocycles. The fourth-order valence-electron chi connectivity index (χ4n) is 3.14. The lowest BCUT2D eigenvalue weighted by Gasteiger charge is -2.35. The summed E-state index contributed by atoms with van der Waals surface area (Å²) >= 11 is 1.23. The van der Waals surface area contributed by atoms with E-state index in [0.717, 1.165) is 12.0 Å². The van der Waals surface area contributed by atoms with Gasteiger partial charge in [0.25, 0.3) is 10.0 Å². The van der Waals surface area contributed by atoms with Gasteiger partial charge in [0, 0.05) is 26.2 Å². The molecule has 2 aromatic rings. The summed E-state index contributed by atoms with van der Waals surface area (Å²) in [5.41, 5.74) is 1.02. The van der Waals surface area contributed by atoms with E-state index >= 15 is 0 Å². The van der Waals surface area contributed by atoms with Gasteiger partial charge >= 0.3 is 0 Å². The molecule has 0 N–H and O–H groups in total. The van der Waals surface area contributed by atoms with Crippen molar-refractivity contribution in [1.82, 2.24) is 9.21 Å². The van der Waals surface area contributed by atoms with Gasteiger partial charge in [0.1, 0.15) is 4.21 Å². The van der Waals surface area contributed by atoms with Gasteiger partial charge in [-0.2, -0.15) is 4.31 Å². The zero-order chi connectivity index (χ0) is 17.9. The van der Waals surface area contributed by atoms with Crippen LogP contribution in [0.2, 0.25) is 0 Å². The number of sulfonamides is 1. The zero-order valence-corrected chi connectivity index (χ0v) is 15.8. The number of rotatable bonds is 5. The number of hydrogen-bond donors (Lipinski definition) is 0. The van der Waals surface area contributed by atoms with Crippen molar-refractivity contribution >= 4 is 27.3 Å². The highest BCUT2D eigenvalue weighted by molar-refractivity contribution is 7.91. The molecule has 1 unspecified atom stereocenters. The molecule has 0 aliphatic carbocycles. The second-order valence-corrected chi connectivity index (χ2v) is 9.15. The van der Waals surface area contributed by atoms with E-state index in [1.165, 1.54) is 15.6 Å². The first-order valence-electron chi connectivity index (χ1n) is 8.41. The van der Waals surface area contributed by atoms with Crippen molar-refractivity contribution in [2.75, 3.05) is 26.2 Å². The Balaban J connectivity index is 1.67. The molecular weight excluding hydrogens is 356 g/mol. The minimum absolute atomic E-state index is 0.0851. The molecule has 1 fully saturated rings. The third kappa shape index (κ3) is 3.78. The lowest BCUT2D eigenvalue weighted by atomic mass is 9.95. The van der Waals surface area contributed by atoms with E-state index in [1.807, 2.05) is 37.3 Å². The van der Waals surface area contributed by atoms with Crippen molar-refractivity contribution in [3.05, 3.63) is 53.4 Å². The molecule has 1 saturated heterocycles. The van der Waals surface area contributed by atoms with E-state index < -0.39 is 10.0 Å². The van der Waals surface area contributed by atoms with Gasteiger partial charge in [-0.25, -0.2) is 8.42 Å². The highest BCUT2D eigenvalue weighted by Crippen LogP contribution is 2.25. The maximum Gasteiger partial charge on any atom is 0.252 e. The molecular formula is C18H22N2O3S2. The SMILES string of the molecule is CCC(C(=O)N1CCN(S(=O)(=O)c2cccs2)CC1)c1ccccc1. The zero-order valence-electron chi connectivity index (χ0n) is 14.2. The minimum atomic E-state index is -3.43. The van der Waals surface area contributed by atoms with Gasteiger partial charge in [0.15, 0.2) is 0 Å². The molecule has 1 amide bonds. The van der Waals surface area contributed by atoms with Gasteiger partial charge in [-0.1, -0.05) is 43.3 Å². The summed E-state index contributed by atoms with van der Waals surface area (Å²) < 4.78 is 27.0. The Hall–Kier alpha value is -1.70. The van der Waals surface area contributed by atoms with Crippen LogP contribution in [0.5, 0.6) is 0 Å². The fraction of sp³-hybridized carbons (Fsp3) is 0.389. The van der Waals surface area contributed by atoms with Crippen molar-refractivity contribution < 1.29 is 13.2 Å². The Morgan fingerprint density at radius 2 is 1.76 bits per heavy atom. The Bertz CT molecular complexity index is 796. The van der Waals surface area contributed by atoms with Crippen molar-refractivity contribution in [1.29, 1.82) is 0 Å². The average Bonchev–Trinajstić information content (AvgIpc) is 3.19. The molecule has 1 aromatic heterocycles. The van der Waals surface area contributed by atoms with Crippen LogP contribution in [0.1, 0.15) is 24.8 Å². The molecule has 5 nitrogen and oxygen atoms in total. The van der Waals surface area contributed by atoms with E-state index in [0.29, 0.717) is 30.4 Å². The Labute approximate surface area is 152 Å². The summed E-state index contributed by atoms with van der Waals surface area (Å²) in [5.74, 6) is -0.0801. The molecule has 7 heteroatoms. The lowest BCUT2D eigenvalue weighted by molar-refractivity contribution is -0.134. The van der Waals surface area contributed by atoms with Crippen LogP contribution in [-0.4, -0.2) is 49.7 Å². The third-order valence-corrected chi connectivity index (χ3v) is 7.82. The van der Waals surface area contributed by atoms with Gasteiger partial charge in [0.05, 0.1) is 5.92 Å². The molecule has 0 saturated carbocycles. The van der Waals surface area contributed by atoms with E-state index in [4.69, 9.17) is 0 Å². The van der Waals surface area contributed by atoms with Crippen LogP contribution in [0, 0.1) is 0 Å². The number of nitrogens with zero attached hydrogens (tertiary/aromatic N) is 2. The first-order chi connectivity index (χ1) is 12.0. The molecule has 0 bridgehead atoms. The summed E-state index contributed by atoms with van der Waals surface area (Å²) in [7, 11) is -3.43. The Morgan fingerprint density at radius 1 is 1.08 bits per heavy atom. The van der Waals surface area contributed by atoms with Crippen LogP contribution >= 0.6 is 11.3 Å². The number of benzene rings is 1. The predicted octanol–water partition coefficient (Wildman–Crippen LogP) is 2.77. The van der Waals surface area contributed by atoms with Gasteiger partial charge in [-0.3, -0.25) is 4.79 Å². The molecule has 1 aliphatic rings. The van der Waals surface area contributed by atoms with E-state index in [-0.39, 0.29) is 11.8 Å². The number of carbonyl (C=O) groups is 1. The number of amides is 1. The predicted molar refractivity (Wildman–Crippen MR) is 99.1 cm³/mol. The highest BCUT2D eigenvalue weighted by Gasteiger charge is 2.32. The highest BCUT2D eigenvalue weighted by atomic mass is 32.2. The fourth-order valence-corrected chi connectivity index (χ4v) is 5.71. The largest absolute Gasteiger partial charge is 0.340 e.